The first-order valence-corrected chi connectivity index (χ1v) is 9.72. The molecule has 1 aliphatic rings. The van der Waals surface area contributed by atoms with Crippen molar-refractivity contribution >= 4 is 46.0 Å². The van der Waals surface area contributed by atoms with Crippen LogP contribution < -0.4 is 10.3 Å². The van der Waals surface area contributed by atoms with Crippen LogP contribution in [0.1, 0.15) is 42.5 Å². The lowest BCUT2D eigenvalue weighted by Crippen LogP contribution is -2.42. The van der Waals surface area contributed by atoms with Gasteiger partial charge in [0.25, 0.3) is 0 Å². The molecule has 1 N–H and O–H groups in total. The molecule has 0 radical (unpaired) electrons. The van der Waals surface area contributed by atoms with Crippen molar-refractivity contribution < 1.29 is 9.21 Å². The third kappa shape index (κ3) is 3.66. The average molecular weight is 408 g/mol. The van der Waals surface area contributed by atoms with Crippen molar-refractivity contribution in [2.24, 2.45) is 5.10 Å². The Labute approximate surface area is 174 Å². The smallest absolute Gasteiger partial charge is 0.307 e. The highest BCUT2D eigenvalue weighted by molar-refractivity contribution is 6.31. The number of hydrogen-bond donors (Lipinski definition) is 1. The highest BCUT2D eigenvalue weighted by atomic mass is 35.5. The Morgan fingerprint density at radius 2 is 2.00 bits per heavy atom. The molecule has 0 saturated carbocycles. The van der Waals surface area contributed by atoms with Crippen LogP contribution in [0.5, 0.6) is 0 Å². The van der Waals surface area contributed by atoms with Gasteiger partial charge >= 0.3 is 5.91 Å². The fraction of sp³-hybridized carbons (Fsp3) is 0.217. The number of fused-ring (bicyclic) bond motifs is 2. The number of likely N-dealkylation sites (N-methyl/N-ethyl adjacent to an activating group) is 1. The van der Waals surface area contributed by atoms with E-state index in [9.17, 15) is 4.79 Å². The number of anilines is 1. The average Bonchev–Trinajstić information content (AvgIpc) is 3.09. The van der Waals surface area contributed by atoms with E-state index < -0.39 is 5.91 Å². The van der Waals surface area contributed by atoms with Gasteiger partial charge in [-0.15, -0.1) is 0 Å². The minimum atomic E-state index is -0.413. The minimum absolute atomic E-state index is 0.0303. The van der Waals surface area contributed by atoms with Crippen LogP contribution in [0.4, 0.5) is 5.69 Å². The standard InChI is InChI=1S/C23H22ClN3O2/c1-14-12-23(2,3)27(4)19-7-5-15(9-18(14)19)13-25-26-22(28)21-11-16-10-17(24)6-8-20(16)29-21/h5-13H,1-4H3,(H,26,28)/b25-13+. The summed E-state index contributed by atoms with van der Waals surface area (Å²) in [4.78, 5) is 14.6. The molecule has 29 heavy (non-hydrogen) atoms. The van der Waals surface area contributed by atoms with Gasteiger partial charge in [-0.2, -0.15) is 5.10 Å². The zero-order chi connectivity index (χ0) is 20.8. The van der Waals surface area contributed by atoms with Gasteiger partial charge < -0.3 is 9.32 Å². The molecule has 2 heterocycles. The zero-order valence-electron chi connectivity index (χ0n) is 16.8. The molecule has 0 atom stereocenters. The van der Waals surface area contributed by atoms with E-state index in [0.29, 0.717) is 10.6 Å². The number of nitrogens with zero attached hydrogens (tertiary/aromatic N) is 2. The number of rotatable bonds is 3. The van der Waals surface area contributed by atoms with E-state index in [1.165, 1.54) is 11.3 Å². The van der Waals surface area contributed by atoms with Crippen molar-refractivity contribution in [1.82, 2.24) is 5.43 Å². The summed E-state index contributed by atoms with van der Waals surface area (Å²) in [6.07, 6.45) is 3.89. The fourth-order valence-electron chi connectivity index (χ4n) is 3.60. The molecule has 0 aliphatic carbocycles. The number of benzene rings is 2. The topological polar surface area (TPSA) is 57.8 Å². The molecule has 5 nitrogen and oxygen atoms in total. The Bertz CT molecular complexity index is 1170. The monoisotopic (exact) mass is 407 g/mol. The van der Waals surface area contributed by atoms with E-state index in [-0.39, 0.29) is 11.3 Å². The van der Waals surface area contributed by atoms with Crippen LogP contribution in [0.25, 0.3) is 16.5 Å². The molecule has 0 spiro atoms. The van der Waals surface area contributed by atoms with Crippen LogP contribution in [-0.4, -0.2) is 24.7 Å². The Morgan fingerprint density at radius 3 is 2.79 bits per heavy atom. The number of hydrazone groups is 1. The lowest BCUT2D eigenvalue weighted by molar-refractivity contribution is 0.0929. The Morgan fingerprint density at radius 1 is 1.21 bits per heavy atom. The number of allylic oxidation sites excluding steroid dienone is 1. The largest absolute Gasteiger partial charge is 0.451 e. The van der Waals surface area contributed by atoms with Gasteiger partial charge in [0.15, 0.2) is 5.76 Å². The van der Waals surface area contributed by atoms with Crippen LogP contribution in [0, 0.1) is 0 Å². The molecule has 6 heteroatoms. The third-order valence-electron chi connectivity index (χ3n) is 5.32. The maximum atomic E-state index is 12.3. The van der Waals surface area contributed by atoms with Gasteiger partial charge in [0.1, 0.15) is 5.58 Å². The highest BCUT2D eigenvalue weighted by Crippen LogP contribution is 2.37. The Kier molecular flexibility index (Phi) is 4.71. The molecule has 3 aromatic rings. The summed E-state index contributed by atoms with van der Waals surface area (Å²) in [5.74, 6) is -0.225. The summed E-state index contributed by atoms with van der Waals surface area (Å²) in [6, 6.07) is 13.0. The number of carbonyl (C=O) groups is 1. The SMILES string of the molecule is CC1=CC(C)(C)N(C)c2ccc(/C=N/NC(=O)c3cc4cc(Cl)ccc4o3)cc21. The summed E-state index contributed by atoms with van der Waals surface area (Å²) in [5, 5.41) is 5.45. The van der Waals surface area contributed by atoms with E-state index in [4.69, 9.17) is 16.0 Å². The molecule has 0 fully saturated rings. The van der Waals surface area contributed by atoms with E-state index in [1.807, 2.05) is 6.07 Å². The normalized spacial score (nSPS) is 15.5. The third-order valence-corrected chi connectivity index (χ3v) is 5.56. The maximum Gasteiger partial charge on any atom is 0.307 e. The first kappa shape index (κ1) is 19.3. The van der Waals surface area contributed by atoms with Crippen molar-refractivity contribution in [1.29, 1.82) is 0 Å². The Hall–Kier alpha value is -3.05. The number of furan rings is 1. The fourth-order valence-corrected chi connectivity index (χ4v) is 3.78. The lowest BCUT2D eigenvalue weighted by Gasteiger charge is -2.40. The van der Waals surface area contributed by atoms with E-state index in [2.05, 4.69) is 61.5 Å². The number of nitrogens with one attached hydrogen (secondary N) is 1. The molecule has 148 valence electrons. The van der Waals surface area contributed by atoms with Crippen LogP contribution in [0.3, 0.4) is 0 Å². The van der Waals surface area contributed by atoms with E-state index in [1.54, 1.807) is 30.5 Å². The second-order valence-electron chi connectivity index (χ2n) is 7.81. The second-order valence-corrected chi connectivity index (χ2v) is 8.24. The van der Waals surface area contributed by atoms with Gasteiger partial charge in [0, 0.05) is 28.7 Å². The van der Waals surface area contributed by atoms with Gasteiger partial charge in [-0.25, -0.2) is 5.43 Å². The summed E-state index contributed by atoms with van der Waals surface area (Å²) < 4.78 is 5.55. The van der Waals surface area contributed by atoms with Crippen molar-refractivity contribution in [3.05, 3.63) is 70.5 Å². The molecule has 0 bridgehead atoms. The molecule has 1 aromatic heterocycles. The van der Waals surface area contributed by atoms with Gasteiger partial charge in [-0.3, -0.25) is 4.79 Å². The second kappa shape index (κ2) is 7.08. The molecule has 2 aromatic carbocycles. The first-order valence-electron chi connectivity index (χ1n) is 9.35. The number of amides is 1. The van der Waals surface area contributed by atoms with Gasteiger partial charge in [-0.05, 0) is 68.3 Å². The van der Waals surface area contributed by atoms with E-state index >= 15 is 0 Å². The van der Waals surface area contributed by atoms with Crippen LogP contribution >= 0.6 is 11.6 Å². The lowest BCUT2D eigenvalue weighted by atomic mass is 9.89. The molecule has 0 saturated heterocycles. The minimum Gasteiger partial charge on any atom is -0.451 e. The maximum absolute atomic E-state index is 12.3. The van der Waals surface area contributed by atoms with Gasteiger partial charge in [0.2, 0.25) is 0 Å². The zero-order valence-corrected chi connectivity index (χ0v) is 17.5. The summed E-state index contributed by atoms with van der Waals surface area (Å²) in [5.41, 5.74) is 7.56. The summed E-state index contributed by atoms with van der Waals surface area (Å²) in [6.45, 7) is 6.50. The predicted molar refractivity (Wildman–Crippen MR) is 119 cm³/mol. The number of hydrogen-bond acceptors (Lipinski definition) is 4. The Balaban J connectivity index is 1.51. The van der Waals surface area contributed by atoms with Crippen LogP contribution in [-0.2, 0) is 0 Å². The summed E-state index contributed by atoms with van der Waals surface area (Å²) >= 11 is 5.97. The van der Waals surface area contributed by atoms with Crippen molar-refractivity contribution in [2.75, 3.05) is 11.9 Å². The van der Waals surface area contributed by atoms with Gasteiger partial charge in [0.05, 0.1) is 11.8 Å². The predicted octanol–water partition coefficient (Wildman–Crippen LogP) is 5.48. The quantitative estimate of drug-likeness (QED) is 0.462. The molecular weight excluding hydrogens is 386 g/mol. The molecular formula is C23H22ClN3O2. The first-order chi connectivity index (χ1) is 13.7. The van der Waals surface area contributed by atoms with Crippen molar-refractivity contribution in [3.63, 3.8) is 0 Å². The highest BCUT2D eigenvalue weighted by Gasteiger charge is 2.28. The van der Waals surface area contributed by atoms with Crippen molar-refractivity contribution in [3.8, 4) is 0 Å². The van der Waals surface area contributed by atoms with Crippen LogP contribution in [0.2, 0.25) is 5.02 Å². The molecule has 0 unspecified atom stereocenters. The van der Waals surface area contributed by atoms with Gasteiger partial charge in [-0.1, -0.05) is 23.7 Å². The number of halogens is 1. The molecule has 1 amide bonds. The number of carbonyl (C=O) groups excluding carboxylic acids is 1. The molecule has 4 rings (SSSR count). The summed E-state index contributed by atoms with van der Waals surface area (Å²) in [7, 11) is 2.09. The van der Waals surface area contributed by atoms with Crippen molar-refractivity contribution in [2.45, 2.75) is 26.3 Å². The van der Waals surface area contributed by atoms with Crippen LogP contribution in [0.15, 0.2) is 58.1 Å². The molecule has 1 aliphatic heterocycles. The van der Waals surface area contributed by atoms with E-state index in [0.717, 1.165) is 16.5 Å².